The van der Waals surface area contributed by atoms with Crippen molar-refractivity contribution in [1.29, 1.82) is 0 Å². The van der Waals surface area contributed by atoms with Gasteiger partial charge in [0.05, 0.1) is 24.6 Å². The molecular formula is C31H35N3O8. The second kappa shape index (κ2) is 10.4. The second-order valence-corrected chi connectivity index (χ2v) is 12.0. The van der Waals surface area contributed by atoms with E-state index in [9.17, 15) is 34.2 Å². The van der Waals surface area contributed by atoms with Crippen LogP contribution in [-0.2, 0) is 32.1 Å². The van der Waals surface area contributed by atoms with E-state index in [-0.39, 0.29) is 24.2 Å². The number of nitrogens with two attached hydrogens (primary N) is 1. The van der Waals surface area contributed by atoms with Crippen molar-refractivity contribution in [3.8, 4) is 22.6 Å². The van der Waals surface area contributed by atoms with Gasteiger partial charge in [0.2, 0.25) is 5.91 Å². The minimum absolute atomic E-state index is 0.00646. The number of ketones is 4. The van der Waals surface area contributed by atoms with Gasteiger partial charge >= 0.3 is 0 Å². The maximum atomic E-state index is 14.0. The molecule has 0 radical (unpaired) electrons. The number of amides is 1. The summed E-state index contributed by atoms with van der Waals surface area (Å²) in [6.45, 7) is 0.593. The molecule has 0 aliphatic heterocycles. The van der Waals surface area contributed by atoms with E-state index in [0.717, 1.165) is 11.1 Å². The minimum Gasteiger partial charge on any atom is -0.507 e. The first kappa shape index (κ1) is 29.6. The van der Waals surface area contributed by atoms with Gasteiger partial charge in [0.25, 0.3) is 0 Å². The highest BCUT2D eigenvalue weighted by molar-refractivity contribution is 6.32. The lowest BCUT2D eigenvalue weighted by Gasteiger charge is -2.52. The number of fused-ring (bicyclic) bond motifs is 3. The first-order chi connectivity index (χ1) is 19.7. The molecule has 0 aromatic heterocycles. The summed E-state index contributed by atoms with van der Waals surface area (Å²) in [6, 6.07) is 7.61. The summed E-state index contributed by atoms with van der Waals surface area (Å²) in [4.78, 5) is 70.3. The zero-order valence-corrected chi connectivity index (χ0v) is 24.2. The van der Waals surface area contributed by atoms with Crippen LogP contribution in [0.4, 0.5) is 0 Å². The van der Waals surface area contributed by atoms with Crippen LogP contribution in [0.5, 0.6) is 11.5 Å². The number of nitrogens with zero attached hydrogens (tertiary/aromatic N) is 2. The van der Waals surface area contributed by atoms with Crippen molar-refractivity contribution in [1.82, 2.24) is 9.80 Å². The molecule has 42 heavy (non-hydrogen) atoms. The number of hydrogen-bond acceptors (Lipinski definition) is 10. The Morgan fingerprint density at radius 3 is 2.36 bits per heavy atom. The van der Waals surface area contributed by atoms with Crippen molar-refractivity contribution >= 4 is 29.0 Å². The van der Waals surface area contributed by atoms with Gasteiger partial charge in [-0.05, 0) is 81.8 Å². The van der Waals surface area contributed by atoms with Crippen LogP contribution in [0.2, 0.25) is 0 Å². The molecule has 222 valence electrons. The molecule has 0 heterocycles. The molecule has 11 heteroatoms. The fraction of sp³-hybridized carbons (Fsp3) is 0.452. The van der Waals surface area contributed by atoms with E-state index in [1.807, 2.05) is 37.2 Å². The minimum atomic E-state index is -2.75. The maximum absolute atomic E-state index is 14.0. The monoisotopic (exact) mass is 577 g/mol. The fourth-order valence-corrected chi connectivity index (χ4v) is 7.29. The molecule has 2 saturated carbocycles. The average Bonchev–Trinajstić information content (AvgIpc) is 2.90. The number of aromatic hydroxyl groups is 1. The molecule has 0 bridgehead atoms. The summed E-state index contributed by atoms with van der Waals surface area (Å²) < 4.78 is 5.53. The number of benzene rings is 2. The van der Waals surface area contributed by atoms with Gasteiger partial charge in [-0.2, -0.15) is 0 Å². The highest BCUT2D eigenvalue weighted by Crippen LogP contribution is 2.51. The number of likely N-dealkylation sites (N-methyl/N-ethyl adjacent to an activating group) is 1. The van der Waals surface area contributed by atoms with Gasteiger partial charge in [-0.3, -0.25) is 28.9 Å². The van der Waals surface area contributed by atoms with Crippen molar-refractivity contribution in [2.75, 3.05) is 35.3 Å². The van der Waals surface area contributed by atoms with Gasteiger partial charge in [-0.25, -0.2) is 0 Å². The Morgan fingerprint density at radius 1 is 1.07 bits per heavy atom. The lowest BCUT2D eigenvalue weighted by atomic mass is 9.52. The van der Waals surface area contributed by atoms with Gasteiger partial charge in [-0.15, -0.1) is 0 Å². The average molecular weight is 578 g/mol. The predicted molar refractivity (Wildman–Crippen MR) is 151 cm³/mol. The number of phenols is 1. The molecule has 0 spiro atoms. The predicted octanol–water partition coefficient (Wildman–Crippen LogP) is 0.604. The molecule has 4 N–H and O–H groups in total. The van der Waals surface area contributed by atoms with E-state index >= 15 is 0 Å². The standard InChI is InChI=1S/C31H35N3O8/c1-33(2)13-16-10-14(6-9-21(16)42-5)17-7-8-20(35)23-18(17)11-15-12-19-25(34(3)4)27(37)24(30(32)40)29(39)31(19,41)28(38)22(15)26(23)36/h6-10,15,19,22,24-25,35,41H,11-13H2,1-5H3,(H2,32,40)/t15-,19-,22?,24?,25-,31-/m0/s1. The van der Waals surface area contributed by atoms with Crippen LogP contribution in [0, 0.1) is 23.7 Å². The molecule has 2 aromatic rings. The van der Waals surface area contributed by atoms with E-state index in [1.54, 1.807) is 27.3 Å². The van der Waals surface area contributed by atoms with Crippen LogP contribution in [0.3, 0.4) is 0 Å². The topological polar surface area (TPSA) is 168 Å². The molecule has 0 saturated heterocycles. The summed E-state index contributed by atoms with van der Waals surface area (Å²) in [5, 5.41) is 22.6. The molecular weight excluding hydrogens is 542 g/mol. The Labute approximate surface area is 243 Å². The number of hydrogen-bond donors (Lipinski definition) is 3. The lowest BCUT2D eigenvalue weighted by Crippen LogP contribution is -2.74. The largest absolute Gasteiger partial charge is 0.507 e. The molecule has 1 amide bonds. The van der Waals surface area contributed by atoms with Gasteiger partial charge in [-0.1, -0.05) is 12.1 Å². The Hall–Kier alpha value is -3.93. The summed E-state index contributed by atoms with van der Waals surface area (Å²) in [6.07, 6.45) is 0.179. The van der Waals surface area contributed by atoms with Crippen molar-refractivity contribution < 1.29 is 38.9 Å². The number of aliphatic hydroxyl groups is 1. The highest BCUT2D eigenvalue weighted by Gasteiger charge is 2.69. The molecule has 3 aliphatic carbocycles. The highest BCUT2D eigenvalue weighted by atomic mass is 16.5. The third-order valence-corrected chi connectivity index (χ3v) is 9.02. The summed E-state index contributed by atoms with van der Waals surface area (Å²) in [7, 11) is 8.56. The number of ether oxygens (including phenoxy) is 1. The van der Waals surface area contributed by atoms with Crippen LogP contribution < -0.4 is 10.5 Å². The number of rotatable bonds is 6. The molecule has 6 atom stereocenters. The summed E-state index contributed by atoms with van der Waals surface area (Å²) >= 11 is 0. The molecule has 5 rings (SSSR count). The number of Topliss-reactive ketones (excluding diaryl/α,β-unsaturated/α-hetero) is 4. The van der Waals surface area contributed by atoms with Crippen LogP contribution in [0.25, 0.3) is 11.1 Å². The first-order valence-corrected chi connectivity index (χ1v) is 13.8. The Morgan fingerprint density at radius 2 is 1.76 bits per heavy atom. The van der Waals surface area contributed by atoms with Gasteiger partial charge < -0.3 is 25.6 Å². The van der Waals surface area contributed by atoms with Crippen LogP contribution in [0.1, 0.15) is 27.9 Å². The van der Waals surface area contributed by atoms with E-state index in [2.05, 4.69) is 0 Å². The van der Waals surface area contributed by atoms with Crippen molar-refractivity contribution in [3.05, 3.63) is 47.0 Å². The lowest BCUT2D eigenvalue weighted by molar-refractivity contribution is -0.181. The Bertz CT molecular complexity index is 1530. The molecule has 11 nitrogen and oxygen atoms in total. The molecule has 2 unspecified atom stereocenters. The number of carbonyl (C=O) groups excluding carboxylic acids is 5. The van der Waals surface area contributed by atoms with Crippen molar-refractivity contribution in [2.24, 2.45) is 29.4 Å². The Balaban J connectivity index is 1.64. The van der Waals surface area contributed by atoms with E-state index < -0.39 is 64.4 Å². The van der Waals surface area contributed by atoms with Gasteiger partial charge in [0, 0.05) is 18.0 Å². The number of primary amides is 1. The van der Waals surface area contributed by atoms with Crippen LogP contribution in [-0.4, -0.2) is 96.0 Å². The zero-order chi connectivity index (χ0) is 30.8. The first-order valence-electron chi connectivity index (χ1n) is 13.8. The van der Waals surface area contributed by atoms with Gasteiger partial charge in [0.1, 0.15) is 11.5 Å². The van der Waals surface area contributed by atoms with Crippen LogP contribution in [0.15, 0.2) is 30.3 Å². The third-order valence-electron chi connectivity index (χ3n) is 9.02. The SMILES string of the molecule is COc1ccc(-c2ccc(O)c3c2C[C@H]2C[C@H]4[C@H](N(C)C)C(=O)C(C(N)=O)C(=O)[C@@]4(O)C(=O)C2C3=O)cc1CN(C)C. The maximum Gasteiger partial charge on any atom is 0.235 e. The van der Waals surface area contributed by atoms with Crippen molar-refractivity contribution in [3.63, 3.8) is 0 Å². The Kier molecular flexibility index (Phi) is 7.33. The normalized spacial score (nSPS) is 28.9. The van der Waals surface area contributed by atoms with E-state index in [0.29, 0.717) is 23.4 Å². The third kappa shape index (κ3) is 4.26. The summed E-state index contributed by atoms with van der Waals surface area (Å²) in [5.41, 5.74) is 5.53. The molecule has 2 fully saturated rings. The van der Waals surface area contributed by atoms with Gasteiger partial charge in [0.15, 0.2) is 34.7 Å². The summed E-state index contributed by atoms with van der Waals surface area (Å²) in [5.74, 6) is -9.97. The number of phenolic OH excluding ortho intramolecular Hbond substituents is 1. The van der Waals surface area contributed by atoms with Crippen molar-refractivity contribution in [2.45, 2.75) is 31.0 Å². The van der Waals surface area contributed by atoms with E-state index in [1.165, 1.54) is 11.0 Å². The second-order valence-electron chi connectivity index (χ2n) is 12.0. The number of methoxy groups -OCH3 is 1. The number of carbonyl (C=O) groups is 5. The quantitative estimate of drug-likeness (QED) is 0.414. The fourth-order valence-electron chi connectivity index (χ4n) is 7.29. The van der Waals surface area contributed by atoms with Crippen LogP contribution >= 0.6 is 0 Å². The molecule has 2 aromatic carbocycles. The van der Waals surface area contributed by atoms with E-state index in [4.69, 9.17) is 10.5 Å². The zero-order valence-electron chi connectivity index (χ0n) is 24.2. The smallest absolute Gasteiger partial charge is 0.235 e. The molecule has 3 aliphatic rings.